The molecule has 0 radical (unpaired) electrons. The van der Waals surface area contributed by atoms with E-state index in [0.717, 1.165) is 18.4 Å². The molecule has 1 heteroatoms. The summed E-state index contributed by atoms with van der Waals surface area (Å²) in [6, 6.07) is 0. The quantitative estimate of drug-likeness (QED) is 0.543. The molecule has 0 aromatic heterocycles. The molecule has 0 aliphatic heterocycles. The van der Waals surface area contributed by atoms with Gasteiger partial charge in [0, 0.05) is 0 Å². The van der Waals surface area contributed by atoms with E-state index in [1.54, 1.807) is 6.92 Å². The van der Waals surface area contributed by atoms with Gasteiger partial charge < -0.3 is 0 Å². The second kappa shape index (κ2) is 2.22. The zero-order valence-corrected chi connectivity index (χ0v) is 6.90. The third kappa shape index (κ3) is 1.47. The average molecular weight is 138 g/mol. The van der Waals surface area contributed by atoms with Crippen molar-refractivity contribution in [1.29, 1.82) is 0 Å². The Morgan fingerprint density at radius 2 is 2.20 bits per heavy atom. The Labute approximate surface area is 62.1 Å². The van der Waals surface area contributed by atoms with Crippen LogP contribution in [0.2, 0.25) is 0 Å². The van der Waals surface area contributed by atoms with Gasteiger partial charge in [0.25, 0.3) is 0 Å². The van der Waals surface area contributed by atoms with Crippen molar-refractivity contribution in [2.24, 2.45) is 5.41 Å². The van der Waals surface area contributed by atoms with E-state index in [2.05, 4.69) is 19.9 Å². The lowest BCUT2D eigenvalue weighted by Gasteiger charge is -2.11. The average Bonchev–Trinajstić information content (AvgIpc) is 2.10. The maximum Gasteiger partial charge on any atom is 0.155 e. The van der Waals surface area contributed by atoms with Crippen LogP contribution < -0.4 is 0 Å². The van der Waals surface area contributed by atoms with Gasteiger partial charge in [-0.3, -0.25) is 4.79 Å². The van der Waals surface area contributed by atoms with Crippen LogP contribution in [-0.4, -0.2) is 5.78 Å². The summed E-state index contributed by atoms with van der Waals surface area (Å²) in [6.45, 7) is 5.99. The maximum absolute atomic E-state index is 10.9. The predicted octanol–water partition coefficient (Wildman–Crippen LogP) is 2.32. The molecule has 0 saturated heterocycles. The first-order valence-corrected chi connectivity index (χ1v) is 3.74. The molecular formula is C9H14O. The minimum absolute atomic E-state index is 0.241. The monoisotopic (exact) mass is 138 g/mol. The van der Waals surface area contributed by atoms with Crippen LogP contribution in [0.4, 0.5) is 0 Å². The number of allylic oxidation sites excluding steroid dienone is 2. The second-order valence-corrected chi connectivity index (χ2v) is 3.71. The molecule has 56 valence electrons. The molecule has 0 heterocycles. The van der Waals surface area contributed by atoms with Crippen LogP contribution in [-0.2, 0) is 4.79 Å². The van der Waals surface area contributed by atoms with E-state index in [4.69, 9.17) is 0 Å². The molecule has 0 aromatic rings. The van der Waals surface area contributed by atoms with E-state index >= 15 is 0 Å². The van der Waals surface area contributed by atoms with Crippen LogP contribution >= 0.6 is 0 Å². The summed E-state index contributed by atoms with van der Waals surface area (Å²) >= 11 is 0. The summed E-state index contributed by atoms with van der Waals surface area (Å²) in [7, 11) is 0. The zero-order valence-electron chi connectivity index (χ0n) is 6.90. The molecule has 1 aliphatic rings. The van der Waals surface area contributed by atoms with Crippen molar-refractivity contribution in [3.8, 4) is 0 Å². The van der Waals surface area contributed by atoms with Crippen LogP contribution in [0.25, 0.3) is 0 Å². The topological polar surface area (TPSA) is 17.1 Å². The molecule has 0 atom stereocenters. The molecule has 0 aromatic carbocycles. The second-order valence-electron chi connectivity index (χ2n) is 3.71. The Balaban J connectivity index is 2.76. The highest BCUT2D eigenvalue weighted by atomic mass is 16.1. The van der Waals surface area contributed by atoms with Crippen LogP contribution in [0.15, 0.2) is 11.6 Å². The minimum atomic E-state index is 0.241. The summed E-state index contributed by atoms with van der Waals surface area (Å²) in [5.41, 5.74) is 1.28. The van der Waals surface area contributed by atoms with Gasteiger partial charge in [-0.2, -0.15) is 0 Å². The van der Waals surface area contributed by atoms with Crippen molar-refractivity contribution in [2.45, 2.75) is 33.6 Å². The zero-order chi connectivity index (χ0) is 7.78. The van der Waals surface area contributed by atoms with Gasteiger partial charge in [-0.05, 0) is 30.8 Å². The first-order valence-electron chi connectivity index (χ1n) is 3.74. The number of Topliss-reactive ketones (excluding diaryl/α,β-unsaturated/α-hetero) is 1. The summed E-state index contributed by atoms with van der Waals surface area (Å²) < 4.78 is 0. The molecule has 0 unspecified atom stereocenters. The van der Waals surface area contributed by atoms with Crippen molar-refractivity contribution in [2.75, 3.05) is 0 Å². The van der Waals surface area contributed by atoms with E-state index in [1.807, 2.05) is 0 Å². The van der Waals surface area contributed by atoms with Crippen LogP contribution in [0.5, 0.6) is 0 Å². The minimum Gasteiger partial charge on any atom is -0.295 e. The molecule has 10 heavy (non-hydrogen) atoms. The molecule has 0 N–H and O–H groups in total. The summed E-state index contributed by atoms with van der Waals surface area (Å²) in [5, 5.41) is 0. The van der Waals surface area contributed by atoms with E-state index in [1.165, 1.54) is 0 Å². The molecule has 1 rings (SSSR count). The lowest BCUT2D eigenvalue weighted by atomic mass is 9.94. The van der Waals surface area contributed by atoms with Crippen molar-refractivity contribution in [1.82, 2.24) is 0 Å². The molecular weight excluding hydrogens is 124 g/mol. The lowest BCUT2D eigenvalue weighted by Crippen LogP contribution is -2.00. The summed E-state index contributed by atoms with van der Waals surface area (Å²) in [4.78, 5) is 10.9. The van der Waals surface area contributed by atoms with Crippen molar-refractivity contribution < 1.29 is 4.79 Å². The highest BCUT2D eigenvalue weighted by Crippen LogP contribution is 2.34. The number of carbonyl (C=O) groups is 1. The first kappa shape index (κ1) is 7.52. The normalized spacial score (nSPS) is 22.5. The standard InChI is InChI=1S/C9H14O/c1-7(10)8-4-5-9(2,3)6-8/h6H,4-5H2,1-3H3. The van der Waals surface area contributed by atoms with Crippen LogP contribution in [0.3, 0.4) is 0 Å². The highest BCUT2D eigenvalue weighted by molar-refractivity contribution is 5.93. The van der Waals surface area contributed by atoms with Crippen molar-refractivity contribution in [3.05, 3.63) is 11.6 Å². The first-order chi connectivity index (χ1) is 4.51. The van der Waals surface area contributed by atoms with Gasteiger partial charge in [0.2, 0.25) is 0 Å². The van der Waals surface area contributed by atoms with Crippen LogP contribution in [0, 0.1) is 5.41 Å². The maximum atomic E-state index is 10.9. The van der Waals surface area contributed by atoms with Crippen molar-refractivity contribution in [3.63, 3.8) is 0 Å². The number of hydrogen-bond donors (Lipinski definition) is 0. The molecule has 0 spiro atoms. The molecule has 0 amide bonds. The van der Waals surface area contributed by atoms with E-state index in [0.29, 0.717) is 0 Å². The molecule has 0 bridgehead atoms. The fraction of sp³-hybridized carbons (Fsp3) is 0.667. The van der Waals surface area contributed by atoms with Gasteiger partial charge in [0.15, 0.2) is 5.78 Å². The fourth-order valence-electron chi connectivity index (χ4n) is 1.35. The fourth-order valence-corrected chi connectivity index (χ4v) is 1.35. The lowest BCUT2D eigenvalue weighted by molar-refractivity contribution is -0.113. The van der Waals surface area contributed by atoms with Gasteiger partial charge in [-0.25, -0.2) is 0 Å². The van der Waals surface area contributed by atoms with Crippen LogP contribution in [0.1, 0.15) is 33.6 Å². The number of ketones is 1. The highest BCUT2D eigenvalue weighted by Gasteiger charge is 2.24. The Hall–Kier alpha value is -0.590. The van der Waals surface area contributed by atoms with E-state index < -0.39 is 0 Å². The number of carbonyl (C=O) groups excluding carboxylic acids is 1. The number of rotatable bonds is 1. The number of hydrogen-bond acceptors (Lipinski definition) is 1. The Morgan fingerprint density at radius 1 is 1.60 bits per heavy atom. The van der Waals surface area contributed by atoms with Gasteiger partial charge >= 0.3 is 0 Å². The summed E-state index contributed by atoms with van der Waals surface area (Å²) in [5.74, 6) is 0.241. The molecule has 0 saturated carbocycles. The molecule has 1 nitrogen and oxygen atoms in total. The third-order valence-corrected chi connectivity index (χ3v) is 2.06. The molecule has 0 fully saturated rings. The van der Waals surface area contributed by atoms with E-state index in [-0.39, 0.29) is 11.2 Å². The Bertz CT molecular complexity index is 187. The third-order valence-electron chi connectivity index (χ3n) is 2.06. The smallest absolute Gasteiger partial charge is 0.155 e. The molecule has 1 aliphatic carbocycles. The van der Waals surface area contributed by atoms with Gasteiger partial charge in [0.05, 0.1) is 0 Å². The van der Waals surface area contributed by atoms with Gasteiger partial charge in [0.1, 0.15) is 0 Å². The Kier molecular flexibility index (Phi) is 1.67. The van der Waals surface area contributed by atoms with Gasteiger partial charge in [-0.1, -0.05) is 19.9 Å². The predicted molar refractivity (Wildman–Crippen MR) is 41.8 cm³/mol. The Morgan fingerprint density at radius 3 is 2.40 bits per heavy atom. The van der Waals surface area contributed by atoms with Crippen molar-refractivity contribution >= 4 is 5.78 Å². The van der Waals surface area contributed by atoms with Gasteiger partial charge in [-0.15, -0.1) is 0 Å². The summed E-state index contributed by atoms with van der Waals surface area (Å²) in [6.07, 6.45) is 4.21. The largest absolute Gasteiger partial charge is 0.295 e. The van der Waals surface area contributed by atoms with E-state index in [9.17, 15) is 4.79 Å². The SMILES string of the molecule is CC(=O)C1=CC(C)(C)CC1.